The molecule has 0 radical (unpaired) electrons. The number of hydrogen-bond donors (Lipinski definition) is 2. The van der Waals surface area contributed by atoms with Crippen molar-refractivity contribution in [1.82, 2.24) is 0 Å². The summed E-state index contributed by atoms with van der Waals surface area (Å²) in [5.41, 5.74) is 8.11. The molecule has 3 nitrogen and oxygen atoms in total. The summed E-state index contributed by atoms with van der Waals surface area (Å²) in [6, 6.07) is 5.08. The summed E-state index contributed by atoms with van der Waals surface area (Å²) in [5.74, 6) is -0.189. The van der Waals surface area contributed by atoms with Gasteiger partial charge in [0.15, 0.2) is 11.6 Å². The average molecular weight is 294 g/mol. The highest BCUT2D eigenvalue weighted by atomic mass is 32.1. The van der Waals surface area contributed by atoms with E-state index in [1.54, 1.807) is 17.4 Å². The van der Waals surface area contributed by atoms with Crippen LogP contribution in [-0.4, -0.2) is 6.61 Å². The summed E-state index contributed by atoms with van der Waals surface area (Å²) < 4.78 is 19.1. The summed E-state index contributed by atoms with van der Waals surface area (Å²) >= 11 is 1.64. The number of thiophene rings is 1. The highest BCUT2D eigenvalue weighted by Crippen LogP contribution is 2.31. The van der Waals surface area contributed by atoms with Crippen molar-refractivity contribution in [2.75, 3.05) is 17.7 Å². The van der Waals surface area contributed by atoms with Gasteiger partial charge in [-0.25, -0.2) is 4.39 Å². The van der Waals surface area contributed by atoms with Crippen LogP contribution in [0.1, 0.15) is 31.9 Å². The van der Waals surface area contributed by atoms with Gasteiger partial charge in [0.25, 0.3) is 0 Å². The summed E-state index contributed by atoms with van der Waals surface area (Å²) in [5, 5.41) is 7.39. The van der Waals surface area contributed by atoms with Gasteiger partial charge in [0.1, 0.15) is 0 Å². The Balaban J connectivity index is 2.18. The first-order chi connectivity index (χ1) is 9.61. The molecule has 0 bridgehead atoms. The zero-order valence-electron chi connectivity index (χ0n) is 11.7. The largest absolute Gasteiger partial charge is 0.490 e. The van der Waals surface area contributed by atoms with Gasteiger partial charge in [0.2, 0.25) is 0 Å². The maximum absolute atomic E-state index is 13.7. The molecule has 0 spiro atoms. The van der Waals surface area contributed by atoms with Crippen LogP contribution in [0.4, 0.5) is 15.8 Å². The van der Waals surface area contributed by atoms with Crippen LogP contribution in [0, 0.1) is 5.82 Å². The van der Waals surface area contributed by atoms with E-state index < -0.39 is 5.82 Å². The third-order valence-corrected chi connectivity index (χ3v) is 3.68. The van der Waals surface area contributed by atoms with Gasteiger partial charge in [0, 0.05) is 18.2 Å². The summed E-state index contributed by atoms with van der Waals surface area (Å²) in [7, 11) is 0. The highest BCUT2D eigenvalue weighted by Gasteiger charge is 2.12. The fourth-order valence-electron chi connectivity index (χ4n) is 1.85. The SMILES string of the molecule is CCCOc1cc(NC(C)c2ccsc2)c(N)cc1F. The number of halogens is 1. The first kappa shape index (κ1) is 14.7. The molecule has 0 saturated heterocycles. The van der Waals surface area contributed by atoms with Gasteiger partial charge in [0.05, 0.1) is 18.0 Å². The lowest BCUT2D eigenvalue weighted by atomic mass is 10.1. The van der Waals surface area contributed by atoms with E-state index in [0.717, 1.165) is 6.42 Å². The van der Waals surface area contributed by atoms with Crippen molar-refractivity contribution in [2.24, 2.45) is 0 Å². The molecule has 1 atom stereocenters. The molecule has 0 fully saturated rings. The lowest BCUT2D eigenvalue weighted by Crippen LogP contribution is -2.09. The number of nitrogens with two attached hydrogens (primary N) is 1. The Labute approximate surface area is 122 Å². The van der Waals surface area contributed by atoms with Gasteiger partial charge in [-0.2, -0.15) is 11.3 Å². The Hall–Kier alpha value is -1.75. The van der Waals surface area contributed by atoms with Crippen LogP contribution < -0.4 is 15.8 Å². The first-order valence-electron chi connectivity index (χ1n) is 6.62. The third kappa shape index (κ3) is 3.42. The van der Waals surface area contributed by atoms with E-state index in [2.05, 4.69) is 16.8 Å². The maximum atomic E-state index is 13.7. The van der Waals surface area contributed by atoms with Crippen molar-refractivity contribution in [3.05, 3.63) is 40.3 Å². The molecule has 3 N–H and O–H groups in total. The van der Waals surface area contributed by atoms with E-state index >= 15 is 0 Å². The molecule has 108 valence electrons. The van der Waals surface area contributed by atoms with E-state index in [4.69, 9.17) is 10.5 Å². The molecular weight excluding hydrogens is 275 g/mol. The Bertz CT molecular complexity index is 557. The predicted molar refractivity (Wildman–Crippen MR) is 83.0 cm³/mol. The van der Waals surface area contributed by atoms with Gasteiger partial charge in [-0.15, -0.1) is 0 Å². The minimum absolute atomic E-state index is 0.105. The molecule has 5 heteroatoms. The molecule has 2 aromatic rings. The molecule has 0 aliphatic carbocycles. The minimum atomic E-state index is -0.426. The fraction of sp³-hybridized carbons (Fsp3) is 0.333. The molecular formula is C15H19FN2OS. The second-order valence-corrected chi connectivity index (χ2v) is 5.42. The number of rotatable bonds is 6. The Kier molecular flexibility index (Phi) is 4.84. The van der Waals surface area contributed by atoms with Crippen molar-refractivity contribution < 1.29 is 9.13 Å². The van der Waals surface area contributed by atoms with Crippen molar-refractivity contribution in [3.63, 3.8) is 0 Å². The molecule has 1 aromatic carbocycles. The topological polar surface area (TPSA) is 47.3 Å². The number of ether oxygens (including phenoxy) is 1. The second-order valence-electron chi connectivity index (χ2n) is 4.64. The minimum Gasteiger partial charge on any atom is -0.490 e. The quantitative estimate of drug-likeness (QED) is 0.775. The molecule has 0 saturated carbocycles. The number of nitrogen functional groups attached to an aromatic ring is 1. The van der Waals surface area contributed by atoms with Crippen molar-refractivity contribution in [2.45, 2.75) is 26.3 Å². The van der Waals surface area contributed by atoms with E-state index in [0.29, 0.717) is 18.0 Å². The maximum Gasteiger partial charge on any atom is 0.167 e. The molecule has 1 aromatic heterocycles. The van der Waals surface area contributed by atoms with Crippen LogP contribution in [0.3, 0.4) is 0 Å². The van der Waals surface area contributed by atoms with Crippen LogP contribution in [-0.2, 0) is 0 Å². The smallest absolute Gasteiger partial charge is 0.167 e. The number of anilines is 2. The number of benzene rings is 1. The Morgan fingerprint density at radius 1 is 1.45 bits per heavy atom. The van der Waals surface area contributed by atoms with Crippen molar-refractivity contribution in [1.29, 1.82) is 0 Å². The fourth-order valence-corrected chi connectivity index (χ4v) is 2.61. The predicted octanol–water partition coefficient (Wildman–Crippen LogP) is 4.43. The van der Waals surface area contributed by atoms with Gasteiger partial charge in [-0.1, -0.05) is 6.92 Å². The van der Waals surface area contributed by atoms with Gasteiger partial charge in [-0.05, 0) is 35.7 Å². The summed E-state index contributed by atoms with van der Waals surface area (Å²) in [6.45, 7) is 4.50. The standard InChI is InChI=1S/C15H19FN2OS/c1-3-5-19-15-8-14(13(17)7-12(15)16)18-10(2)11-4-6-20-9-11/h4,6-10,18H,3,5,17H2,1-2H3. The molecule has 1 unspecified atom stereocenters. The normalized spacial score (nSPS) is 12.2. The van der Waals surface area contributed by atoms with Crippen LogP contribution in [0.25, 0.3) is 0 Å². The number of nitrogens with one attached hydrogen (secondary N) is 1. The van der Waals surface area contributed by atoms with Gasteiger partial charge in [-0.3, -0.25) is 0 Å². The zero-order chi connectivity index (χ0) is 14.5. The molecule has 2 rings (SSSR count). The van der Waals surface area contributed by atoms with Crippen molar-refractivity contribution >= 4 is 22.7 Å². The monoisotopic (exact) mass is 294 g/mol. The van der Waals surface area contributed by atoms with Crippen LogP contribution >= 0.6 is 11.3 Å². The highest BCUT2D eigenvalue weighted by molar-refractivity contribution is 7.07. The van der Waals surface area contributed by atoms with E-state index in [1.807, 2.05) is 19.2 Å². The van der Waals surface area contributed by atoms with Crippen LogP contribution in [0.15, 0.2) is 29.0 Å². The summed E-state index contributed by atoms with van der Waals surface area (Å²) in [4.78, 5) is 0. The van der Waals surface area contributed by atoms with E-state index in [1.165, 1.54) is 11.6 Å². The molecule has 0 aliphatic heterocycles. The van der Waals surface area contributed by atoms with E-state index in [-0.39, 0.29) is 11.8 Å². The number of hydrogen-bond acceptors (Lipinski definition) is 4. The second kappa shape index (κ2) is 6.61. The van der Waals surface area contributed by atoms with Gasteiger partial charge < -0.3 is 15.8 Å². The van der Waals surface area contributed by atoms with E-state index in [9.17, 15) is 4.39 Å². The molecule has 1 heterocycles. The summed E-state index contributed by atoms with van der Waals surface area (Å²) in [6.07, 6.45) is 0.831. The lowest BCUT2D eigenvalue weighted by molar-refractivity contribution is 0.301. The first-order valence-corrected chi connectivity index (χ1v) is 7.56. The van der Waals surface area contributed by atoms with Gasteiger partial charge >= 0.3 is 0 Å². The lowest BCUT2D eigenvalue weighted by Gasteiger charge is -2.17. The Morgan fingerprint density at radius 2 is 2.25 bits per heavy atom. The third-order valence-electron chi connectivity index (χ3n) is 2.98. The molecule has 20 heavy (non-hydrogen) atoms. The Morgan fingerprint density at radius 3 is 2.90 bits per heavy atom. The van der Waals surface area contributed by atoms with Crippen LogP contribution in [0.2, 0.25) is 0 Å². The zero-order valence-corrected chi connectivity index (χ0v) is 12.5. The van der Waals surface area contributed by atoms with Crippen LogP contribution in [0.5, 0.6) is 5.75 Å². The van der Waals surface area contributed by atoms with Crippen molar-refractivity contribution in [3.8, 4) is 5.75 Å². The average Bonchev–Trinajstić information content (AvgIpc) is 2.94. The molecule has 0 aliphatic rings. The molecule has 0 amide bonds.